The van der Waals surface area contributed by atoms with Crippen molar-refractivity contribution in [3.05, 3.63) is 46.8 Å². The highest BCUT2D eigenvalue weighted by atomic mass is 16.2. The van der Waals surface area contributed by atoms with Crippen LogP contribution in [0.1, 0.15) is 40.7 Å². The van der Waals surface area contributed by atoms with Crippen molar-refractivity contribution in [1.82, 2.24) is 15.1 Å². The number of anilines is 1. The van der Waals surface area contributed by atoms with Crippen molar-refractivity contribution in [3.8, 4) is 0 Å². The fraction of sp³-hybridized carbons (Fsp3) is 0.421. The molecule has 1 fully saturated rings. The van der Waals surface area contributed by atoms with Crippen LogP contribution in [0.5, 0.6) is 0 Å². The number of hydrogen-bond acceptors (Lipinski definition) is 3. The van der Waals surface area contributed by atoms with E-state index in [4.69, 9.17) is 0 Å². The van der Waals surface area contributed by atoms with Crippen LogP contribution in [0, 0.1) is 13.8 Å². The highest BCUT2D eigenvalue weighted by molar-refractivity contribution is 6.01. The summed E-state index contributed by atoms with van der Waals surface area (Å²) in [6, 6.07) is 7.88. The minimum Gasteiger partial charge on any atom is -0.326 e. The fourth-order valence-electron chi connectivity index (χ4n) is 3.26. The Kier molecular flexibility index (Phi) is 4.88. The predicted molar refractivity (Wildman–Crippen MR) is 96.8 cm³/mol. The van der Waals surface area contributed by atoms with Gasteiger partial charge >= 0.3 is 0 Å². The highest BCUT2D eigenvalue weighted by Crippen LogP contribution is 2.21. The maximum absolute atomic E-state index is 12.6. The lowest BCUT2D eigenvalue weighted by Crippen LogP contribution is -2.52. The molecule has 0 spiro atoms. The molecule has 6 heteroatoms. The molecule has 3 rings (SSSR count). The Hall–Kier alpha value is -2.63. The molecule has 1 aromatic carbocycles. The number of aromatic nitrogens is 2. The molecule has 2 heterocycles. The van der Waals surface area contributed by atoms with Crippen LogP contribution in [0.15, 0.2) is 24.3 Å². The summed E-state index contributed by atoms with van der Waals surface area (Å²) in [7, 11) is 0. The summed E-state index contributed by atoms with van der Waals surface area (Å²) in [6.45, 7) is 7.21. The van der Waals surface area contributed by atoms with E-state index < -0.39 is 0 Å². The molecule has 1 aliphatic rings. The standard InChI is InChI=1S/C19H24N4O2/c1-4-5-15-11-17(21-20-15)19(25)22-6-7-23(18(24)12-22)16-9-13(2)8-14(3)10-16/h8-11H,4-7,12H2,1-3H3,(H,20,21). The van der Waals surface area contributed by atoms with Crippen molar-refractivity contribution in [2.45, 2.75) is 33.6 Å². The van der Waals surface area contributed by atoms with E-state index in [1.54, 1.807) is 15.9 Å². The monoisotopic (exact) mass is 340 g/mol. The molecular formula is C19H24N4O2. The van der Waals surface area contributed by atoms with E-state index in [1.165, 1.54) is 0 Å². The van der Waals surface area contributed by atoms with Gasteiger partial charge in [0.25, 0.3) is 5.91 Å². The molecule has 0 radical (unpaired) electrons. The average molecular weight is 340 g/mol. The Morgan fingerprint density at radius 3 is 2.52 bits per heavy atom. The van der Waals surface area contributed by atoms with Crippen molar-refractivity contribution in [2.75, 3.05) is 24.5 Å². The summed E-state index contributed by atoms with van der Waals surface area (Å²) in [5, 5.41) is 6.99. The molecule has 1 aliphatic heterocycles. The van der Waals surface area contributed by atoms with Crippen LogP contribution in [0.4, 0.5) is 5.69 Å². The predicted octanol–water partition coefficient (Wildman–Crippen LogP) is 2.47. The first kappa shape index (κ1) is 17.2. The molecule has 0 aliphatic carbocycles. The number of rotatable bonds is 4. The summed E-state index contributed by atoms with van der Waals surface area (Å²) >= 11 is 0. The van der Waals surface area contributed by atoms with Crippen molar-refractivity contribution in [1.29, 1.82) is 0 Å². The lowest BCUT2D eigenvalue weighted by molar-refractivity contribution is -0.120. The van der Waals surface area contributed by atoms with E-state index in [-0.39, 0.29) is 18.4 Å². The second kappa shape index (κ2) is 7.09. The molecule has 25 heavy (non-hydrogen) atoms. The lowest BCUT2D eigenvalue weighted by Gasteiger charge is -2.34. The summed E-state index contributed by atoms with van der Waals surface area (Å²) in [5.41, 5.74) is 4.49. The van der Waals surface area contributed by atoms with Crippen LogP contribution < -0.4 is 4.90 Å². The number of amides is 2. The molecule has 0 saturated carbocycles. The fourth-order valence-corrected chi connectivity index (χ4v) is 3.26. The van der Waals surface area contributed by atoms with Crippen molar-refractivity contribution in [3.63, 3.8) is 0 Å². The molecule has 0 atom stereocenters. The van der Waals surface area contributed by atoms with Gasteiger partial charge in [-0.2, -0.15) is 5.10 Å². The van der Waals surface area contributed by atoms with Gasteiger partial charge in [-0.3, -0.25) is 14.7 Å². The number of piperazine rings is 1. The van der Waals surface area contributed by atoms with E-state index in [0.717, 1.165) is 35.3 Å². The molecule has 2 aromatic rings. The number of aryl methyl sites for hydroxylation is 3. The quantitative estimate of drug-likeness (QED) is 0.929. The summed E-state index contributed by atoms with van der Waals surface area (Å²) in [6.07, 6.45) is 1.85. The van der Waals surface area contributed by atoms with Crippen LogP contribution in [0.2, 0.25) is 0 Å². The second-order valence-electron chi connectivity index (χ2n) is 6.65. The molecule has 0 bridgehead atoms. The van der Waals surface area contributed by atoms with Gasteiger partial charge in [0.1, 0.15) is 12.2 Å². The van der Waals surface area contributed by atoms with Gasteiger partial charge in [0.05, 0.1) is 0 Å². The summed E-state index contributed by atoms with van der Waals surface area (Å²) in [4.78, 5) is 28.5. The highest BCUT2D eigenvalue weighted by Gasteiger charge is 2.29. The number of nitrogens with zero attached hydrogens (tertiary/aromatic N) is 3. The van der Waals surface area contributed by atoms with E-state index in [1.807, 2.05) is 26.0 Å². The molecule has 0 unspecified atom stereocenters. The van der Waals surface area contributed by atoms with Gasteiger partial charge in [-0.25, -0.2) is 0 Å². The largest absolute Gasteiger partial charge is 0.326 e. The number of H-pyrrole nitrogens is 1. The summed E-state index contributed by atoms with van der Waals surface area (Å²) in [5.74, 6) is -0.249. The van der Waals surface area contributed by atoms with Gasteiger partial charge in [0.15, 0.2) is 0 Å². The molecule has 1 N–H and O–H groups in total. The SMILES string of the molecule is CCCc1cc(C(=O)N2CCN(c3cc(C)cc(C)c3)C(=O)C2)n[nH]1. The molecule has 1 aromatic heterocycles. The lowest BCUT2D eigenvalue weighted by atomic mass is 10.1. The van der Waals surface area contributed by atoms with Gasteiger partial charge in [0, 0.05) is 24.5 Å². The third-order valence-corrected chi connectivity index (χ3v) is 4.40. The number of carbonyl (C=O) groups is 2. The van der Waals surface area contributed by atoms with Gasteiger partial charge in [-0.15, -0.1) is 0 Å². The van der Waals surface area contributed by atoms with Gasteiger partial charge in [0.2, 0.25) is 5.91 Å². The van der Waals surface area contributed by atoms with Crippen molar-refractivity contribution >= 4 is 17.5 Å². The number of benzene rings is 1. The average Bonchev–Trinajstić information content (AvgIpc) is 3.02. The zero-order valence-corrected chi connectivity index (χ0v) is 15.0. The Labute approximate surface area is 147 Å². The Balaban J connectivity index is 1.70. The van der Waals surface area contributed by atoms with E-state index in [9.17, 15) is 9.59 Å². The number of carbonyl (C=O) groups excluding carboxylic acids is 2. The number of nitrogens with one attached hydrogen (secondary N) is 1. The first-order valence-corrected chi connectivity index (χ1v) is 8.70. The molecule has 132 valence electrons. The zero-order chi connectivity index (χ0) is 18.0. The number of aromatic amines is 1. The molecule has 2 amide bonds. The third kappa shape index (κ3) is 3.73. The van der Waals surface area contributed by atoms with E-state index in [2.05, 4.69) is 23.2 Å². The van der Waals surface area contributed by atoms with Crippen LogP contribution in [0.3, 0.4) is 0 Å². The van der Waals surface area contributed by atoms with Crippen LogP contribution in [0.25, 0.3) is 0 Å². The minimum absolute atomic E-state index is 0.0612. The third-order valence-electron chi connectivity index (χ3n) is 4.40. The number of hydrogen-bond donors (Lipinski definition) is 1. The van der Waals surface area contributed by atoms with Crippen LogP contribution >= 0.6 is 0 Å². The first-order chi connectivity index (χ1) is 12.0. The normalized spacial score (nSPS) is 14.9. The van der Waals surface area contributed by atoms with E-state index in [0.29, 0.717) is 18.8 Å². The topological polar surface area (TPSA) is 69.3 Å². The van der Waals surface area contributed by atoms with Crippen LogP contribution in [-0.2, 0) is 11.2 Å². The maximum atomic E-state index is 12.6. The molecular weight excluding hydrogens is 316 g/mol. The smallest absolute Gasteiger partial charge is 0.274 e. The Bertz CT molecular complexity index is 776. The summed E-state index contributed by atoms with van der Waals surface area (Å²) < 4.78 is 0. The maximum Gasteiger partial charge on any atom is 0.274 e. The van der Waals surface area contributed by atoms with Gasteiger partial charge in [-0.05, 0) is 49.6 Å². The van der Waals surface area contributed by atoms with E-state index >= 15 is 0 Å². The van der Waals surface area contributed by atoms with Crippen molar-refractivity contribution < 1.29 is 9.59 Å². The zero-order valence-electron chi connectivity index (χ0n) is 15.0. The molecule has 6 nitrogen and oxygen atoms in total. The van der Waals surface area contributed by atoms with Crippen LogP contribution in [-0.4, -0.2) is 46.5 Å². The van der Waals surface area contributed by atoms with Crippen molar-refractivity contribution in [2.24, 2.45) is 0 Å². The Morgan fingerprint density at radius 2 is 1.88 bits per heavy atom. The van der Waals surface area contributed by atoms with Gasteiger partial charge in [-0.1, -0.05) is 19.4 Å². The second-order valence-corrected chi connectivity index (χ2v) is 6.65. The minimum atomic E-state index is -0.188. The molecule has 1 saturated heterocycles. The van der Waals surface area contributed by atoms with Gasteiger partial charge < -0.3 is 9.80 Å². The first-order valence-electron chi connectivity index (χ1n) is 8.70. The Morgan fingerprint density at radius 1 is 1.16 bits per heavy atom.